The van der Waals surface area contributed by atoms with Gasteiger partial charge < -0.3 is 10.0 Å². The number of carboxylic acid groups (broad SMARTS) is 1. The summed E-state index contributed by atoms with van der Waals surface area (Å²) in [5, 5.41) is 9.45. The highest BCUT2D eigenvalue weighted by Crippen LogP contribution is 2.49. The van der Waals surface area contributed by atoms with Gasteiger partial charge in [0, 0.05) is 36.2 Å². The summed E-state index contributed by atoms with van der Waals surface area (Å²) in [6.45, 7) is 11.3. The predicted octanol–water partition coefficient (Wildman–Crippen LogP) is 6.54. The van der Waals surface area contributed by atoms with Crippen LogP contribution in [0.4, 0.5) is 5.69 Å². The van der Waals surface area contributed by atoms with Gasteiger partial charge in [0.2, 0.25) is 0 Å². The maximum atomic E-state index is 12.7. The Morgan fingerprint density at radius 3 is 2.22 bits per heavy atom. The van der Waals surface area contributed by atoms with E-state index in [0.717, 1.165) is 48.9 Å². The Bertz CT molecular complexity index is 1270. The first kappa shape index (κ1) is 25.7. The number of Topliss-reactive ketones (excluding diaryl/α,β-unsaturated/α-hetero) is 1. The number of aliphatic imine (C=N–C) groups is 1. The number of carbonyl (C=O) groups is 2. The Labute approximate surface area is 221 Å². The number of aromatic carboxylic acids is 1. The van der Waals surface area contributed by atoms with Crippen LogP contribution in [0.1, 0.15) is 106 Å². The molecule has 0 aromatic heterocycles. The van der Waals surface area contributed by atoms with Gasteiger partial charge in [0.25, 0.3) is 0 Å². The van der Waals surface area contributed by atoms with E-state index in [0.29, 0.717) is 12.2 Å². The van der Waals surface area contributed by atoms with Gasteiger partial charge in [-0.25, -0.2) is 4.79 Å². The van der Waals surface area contributed by atoms with Crippen molar-refractivity contribution in [2.75, 3.05) is 11.9 Å². The van der Waals surface area contributed by atoms with E-state index >= 15 is 0 Å². The summed E-state index contributed by atoms with van der Waals surface area (Å²) in [5.41, 5.74) is 7.38. The molecule has 37 heavy (non-hydrogen) atoms. The summed E-state index contributed by atoms with van der Waals surface area (Å²) >= 11 is 0. The standard InChI is InChI=1S/C32H40N2O3/c1-7-28(35)21-12-13-26-25(16-21)33-29(19-8-10-20(11-9-19)30(36)37)22-17-23-24(18-27(22)34(26)6)32(4,5)15-14-31(23,2)3/h8-11,17-18,21,25-26H,7,12-16H2,1-6H3,(H,36,37). The van der Waals surface area contributed by atoms with Crippen molar-refractivity contribution in [3.63, 3.8) is 0 Å². The van der Waals surface area contributed by atoms with E-state index < -0.39 is 5.97 Å². The minimum atomic E-state index is -0.930. The molecule has 5 heteroatoms. The third-order valence-electron chi connectivity index (χ3n) is 9.39. The fourth-order valence-corrected chi connectivity index (χ4v) is 6.80. The van der Waals surface area contributed by atoms with E-state index in [4.69, 9.17) is 4.99 Å². The van der Waals surface area contributed by atoms with E-state index in [9.17, 15) is 14.7 Å². The van der Waals surface area contributed by atoms with Gasteiger partial charge >= 0.3 is 5.97 Å². The molecule has 2 aromatic rings. The number of benzene rings is 2. The zero-order chi connectivity index (χ0) is 26.7. The average molecular weight is 501 g/mol. The molecule has 0 saturated heterocycles. The van der Waals surface area contributed by atoms with Gasteiger partial charge in [0.1, 0.15) is 5.78 Å². The molecule has 3 aliphatic rings. The van der Waals surface area contributed by atoms with E-state index in [-0.39, 0.29) is 34.4 Å². The Morgan fingerprint density at radius 1 is 1.00 bits per heavy atom. The second-order valence-electron chi connectivity index (χ2n) is 12.6. The quantitative estimate of drug-likeness (QED) is 0.518. The van der Waals surface area contributed by atoms with E-state index in [1.807, 2.05) is 19.1 Å². The number of hydrogen-bond donors (Lipinski definition) is 1. The summed E-state index contributed by atoms with van der Waals surface area (Å²) < 4.78 is 0. The largest absolute Gasteiger partial charge is 0.478 e. The topological polar surface area (TPSA) is 70.0 Å². The van der Waals surface area contributed by atoms with Crippen LogP contribution in [-0.2, 0) is 15.6 Å². The molecule has 1 fully saturated rings. The molecule has 0 spiro atoms. The molecule has 3 atom stereocenters. The lowest BCUT2D eigenvalue weighted by molar-refractivity contribution is -0.123. The van der Waals surface area contributed by atoms with Gasteiger partial charge in [-0.05, 0) is 78.3 Å². The number of anilines is 1. The third-order valence-corrected chi connectivity index (χ3v) is 9.39. The SMILES string of the molecule is CCC(=O)C1CCC2C(C1)N=C(c1ccc(C(=O)O)cc1)c1cc3c(cc1N2C)C(C)(C)CCC3(C)C. The lowest BCUT2D eigenvalue weighted by Crippen LogP contribution is -2.45. The second-order valence-corrected chi connectivity index (χ2v) is 12.6. The van der Waals surface area contributed by atoms with Crippen molar-refractivity contribution >= 4 is 23.2 Å². The first-order valence-electron chi connectivity index (χ1n) is 13.8. The molecule has 5 rings (SSSR count). The molecule has 0 amide bonds. The molecule has 1 heterocycles. The number of likely N-dealkylation sites (N-methyl/N-ethyl adjacent to an activating group) is 1. The van der Waals surface area contributed by atoms with Gasteiger partial charge in [-0.3, -0.25) is 9.79 Å². The Morgan fingerprint density at radius 2 is 1.62 bits per heavy atom. The van der Waals surface area contributed by atoms with E-state index in [1.165, 1.54) is 16.8 Å². The van der Waals surface area contributed by atoms with Crippen LogP contribution in [0.2, 0.25) is 0 Å². The number of carbonyl (C=O) groups excluding carboxylic acids is 1. The monoisotopic (exact) mass is 500 g/mol. The van der Waals surface area contributed by atoms with Gasteiger partial charge in [0.15, 0.2) is 0 Å². The Balaban J connectivity index is 1.72. The summed E-state index contributed by atoms with van der Waals surface area (Å²) in [5.74, 6) is -0.531. The second kappa shape index (κ2) is 9.11. The highest BCUT2D eigenvalue weighted by atomic mass is 16.4. The molecule has 0 radical (unpaired) electrons. The fraction of sp³-hybridized carbons (Fsp3) is 0.531. The van der Waals surface area contributed by atoms with Crippen LogP contribution in [-0.4, -0.2) is 41.7 Å². The Kier molecular flexibility index (Phi) is 6.32. The van der Waals surface area contributed by atoms with Crippen molar-refractivity contribution in [1.82, 2.24) is 0 Å². The minimum Gasteiger partial charge on any atom is -0.478 e. The molecule has 1 aliphatic heterocycles. The van der Waals surface area contributed by atoms with Gasteiger partial charge in [0.05, 0.1) is 23.4 Å². The zero-order valence-corrected chi connectivity index (χ0v) is 23.1. The maximum absolute atomic E-state index is 12.7. The van der Waals surface area contributed by atoms with E-state index in [2.05, 4.69) is 51.8 Å². The minimum absolute atomic E-state index is 0.0128. The molecule has 196 valence electrons. The van der Waals surface area contributed by atoms with Crippen LogP contribution in [0.15, 0.2) is 41.4 Å². The maximum Gasteiger partial charge on any atom is 0.335 e. The number of carboxylic acids is 1. The molecular weight excluding hydrogens is 460 g/mol. The molecule has 0 bridgehead atoms. The lowest BCUT2D eigenvalue weighted by Gasteiger charge is -2.44. The summed E-state index contributed by atoms with van der Waals surface area (Å²) in [6.07, 6.45) is 5.48. The normalized spacial score (nSPS) is 25.7. The highest BCUT2D eigenvalue weighted by molar-refractivity contribution is 6.17. The van der Waals surface area contributed by atoms with Crippen LogP contribution < -0.4 is 4.90 Å². The molecule has 2 aromatic carbocycles. The van der Waals surface area contributed by atoms with Crippen molar-refractivity contribution in [3.05, 3.63) is 64.2 Å². The summed E-state index contributed by atoms with van der Waals surface area (Å²) in [7, 11) is 2.19. The fourth-order valence-electron chi connectivity index (χ4n) is 6.80. The van der Waals surface area contributed by atoms with Gasteiger partial charge in [-0.2, -0.15) is 0 Å². The van der Waals surface area contributed by atoms with Crippen molar-refractivity contribution in [2.45, 2.75) is 96.1 Å². The molecule has 3 unspecified atom stereocenters. The van der Waals surface area contributed by atoms with Crippen molar-refractivity contribution < 1.29 is 14.7 Å². The molecule has 2 aliphatic carbocycles. The van der Waals surface area contributed by atoms with Crippen molar-refractivity contribution in [2.24, 2.45) is 10.9 Å². The summed E-state index contributed by atoms with van der Waals surface area (Å²) in [6, 6.07) is 12.1. The van der Waals surface area contributed by atoms with Crippen LogP contribution >= 0.6 is 0 Å². The highest BCUT2D eigenvalue weighted by Gasteiger charge is 2.42. The number of rotatable bonds is 4. The van der Waals surface area contributed by atoms with Gasteiger partial charge in [-0.1, -0.05) is 46.8 Å². The molecular formula is C32H40N2O3. The van der Waals surface area contributed by atoms with Crippen molar-refractivity contribution in [1.29, 1.82) is 0 Å². The number of hydrogen-bond acceptors (Lipinski definition) is 4. The first-order valence-corrected chi connectivity index (χ1v) is 13.8. The van der Waals surface area contributed by atoms with Crippen molar-refractivity contribution in [3.8, 4) is 0 Å². The Hall–Kier alpha value is -2.95. The van der Waals surface area contributed by atoms with Crippen LogP contribution in [0.5, 0.6) is 0 Å². The average Bonchev–Trinajstić information content (AvgIpc) is 2.99. The van der Waals surface area contributed by atoms with E-state index in [1.54, 1.807) is 12.1 Å². The lowest BCUT2D eigenvalue weighted by atomic mass is 9.62. The molecule has 1 N–H and O–H groups in total. The number of ketones is 1. The molecule has 5 nitrogen and oxygen atoms in total. The zero-order valence-electron chi connectivity index (χ0n) is 23.1. The smallest absolute Gasteiger partial charge is 0.335 e. The van der Waals surface area contributed by atoms with Crippen LogP contribution in [0, 0.1) is 5.92 Å². The third kappa shape index (κ3) is 4.41. The van der Waals surface area contributed by atoms with Crippen LogP contribution in [0.3, 0.4) is 0 Å². The summed E-state index contributed by atoms with van der Waals surface area (Å²) in [4.78, 5) is 32.0. The molecule has 1 saturated carbocycles. The number of nitrogens with zero attached hydrogens (tertiary/aromatic N) is 2. The first-order chi connectivity index (χ1) is 17.4. The van der Waals surface area contributed by atoms with Gasteiger partial charge in [-0.15, -0.1) is 0 Å². The van der Waals surface area contributed by atoms with Crippen LogP contribution in [0.25, 0.3) is 0 Å². The number of fused-ring (bicyclic) bond motifs is 3. The predicted molar refractivity (Wildman–Crippen MR) is 149 cm³/mol.